The summed E-state index contributed by atoms with van der Waals surface area (Å²) in [4.78, 5) is 12.6. The van der Waals surface area contributed by atoms with Crippen LogP contribution in [0.15, 0.2) is 0 Å². The first kappa shape index (κ1) is 50.6. The molecular weight excluding hydrogens is 631 g/mol. The van der Waals surface area contributed by atoms with Crippen LogP contribution in [0.4, 0.5) is 0 Å². The second kappa shape index (κ2) is 29.7. The van der Waals surface area contributed by atoms with Crippen LogP contribution in [0.3, 0.4) is 0 Å². The second-order valence-electron chi connectivity index (χ2n) is 11.9. The number of hydrogen-bond donors (Lipinski definition) is 0. The van der Waals surface area contributed by atoms with E-state index in [1.165, 1.54) is 109 Å². The Balaban J connectivity index is -0.0000000831. The largest absolute Gasteiger partial charge is 2.00 e. The van der Waals surface area contributed by atoms with Gasteiger partial charge in [0.25, 0.3) is 0 Å². The molecule has 0 N–H and O–H groups in total. The van der Waals surface area contributed by atoms with Gasteiger partial charge in [0.2, 0.25) is 0 Å². The first-order valence-corrected chi connectivity index (χ1v) is 23.8. The Morgan fingerprint density at radius 1 is 0.444 bits per heavy atom. The maximum absolute atomic E-state index is 2.58. The van der Waals surface area contributed by atoms with Crippen molar-refractivity contribution >= 4 is 18.4 Å². The molecule has 0 aromatic heterocycles. The Bertz CT molecular complexity index is 375. The van der Waals surface area contributed by atoms with Crippen molar-refractivity contribution in [2.45, 2.75) is 140 Å². The van der Waals surface area contributed by atoms with Crippen molar-refractivity contribution in [2.24, 2.45) is 0 Å². The van der Waals surface area contributed by atoms with E-state index in [2.05, 4.69) is 52.8 Å². The van der Waals surface area contributed by atoms with Crippen molar-refractivity contribution in [2.75, 3.05) is 28.2 Å². The molecule has 0 aromatic carbocycles. The van der Waals surface area contributed by atoms with Gasteiger partial charge in [-0.1, -0.05) is 77.0 Å². The van der Waals surface area contributed by atoms with Crippen LogP contribution < -0.4 is 0 Å². The third-order valence-corrected chi connectivity index (χ3v) is 16.1. The maximum atomic E-state index is 2.58. The topological polar surface area (TPSA) is 6.48 Å². The first-order chi connectivity index (χ1) is 14.2. The fourth-order valence-corrected chi connectivity index (χ4v) is 13.4. The van der Waals surface area contributed by atoms with Crippen LogP contribution in [0.1, 0.15) is 109 Å². The van der Waals surface area contributed by atoms with Crippen molar-refractivity contribution in [3.63, 3.8) is 0 Å². The zero-order chi connectivity index (χ0) is 22.4. The standard InChI is InChI=1S/C7H15N.C7H14N.2C5H10.7CH3.2Fe.Sn/c2*1-8(2)7-5-3-4-6-7;2*1-2-4-5-3-1;;;;;;;;;;/h7H,3-6H2,1-2H3;5,7H,3-4,6H2,1-2H3;2*1-5H2;7*1H3;;;/q;;;;;;;4*-1;2*+2;. The van der Waals surface area contributed by atoms with Gasteiger partial charge in [-0.2, -0.15) is 0 Å². The average Bonchev–Trinajstić information content (AvgIpc) is 3.53. The van der Waals surface area contributed by atoms with E-state index in [1.54, 1.807) is 0 Å². The minimum Gasteiger partial charge on any atom is -0.358 e. The molecular formula is C31H70Fe2N2Sn. The molecule has 4 aliphatic carbocycles. The summed E-state index contributed by atoms with van der Waals surface area (Å²) in [5, 5.41) is 0. The summed E-state index contributed by atoms with van der Waals surface area (Å²) in [6, 6.07) is 1.82. The second-order valence-corrected chi connectivity index (χ2v) is 27.5. The third kappa shape index (κ3) is 23.6. The van der Waals surface area contributed by atoms with E-state index in [4.69, 9.17) is 0 Å². The van der Waals surface area contributed by atoms with Crippen LogP contribution in [0.5, 0.6) is 0 Å². The van der Waals surface area contributed by atoms with Crippen molar-refractivity contribution in [1.29, 1.82) is 0 Å². The number of rotatable bonds is 3. The van der Waals surface area contributed by atoms with Crippen LogP contribution in [0.25, 0.3) is 0 Å². The van der Waals surface area contributed by atoms with E-state index < -0.39 is 18.4 Å². The summed E-state index contributed by atoms with van der Waals surface area (Å²) >= 11 is -1.60. The summed E-state index contributed by atoms with van der Waals surface area (Å²) in [5.74, 6) is 0. The predicted molar refractivity (Wildman–Crippen MR) is 166 cm³/mol. The molecule has 5 heteroatoms. The minimum absolute atomic E-state index is 0. The summed E-state index contributed by atoms with van der Waals surface area (Å²) in [5.41, 5.74) is 0. The van der Waals surface area contributed by atoms with Crippen LogP contribution in [-0.2, 0) is 34.1 Å². The molecule has 0 aromatic rings. The molecule has 0 amide bonds. The monoisotopic (exact) mass is 702 g/mol. The Labute approximate surface area is 258 Å². The van der Waals surface area contributed by atoms with Crippen LogP contribution >= 0.6 is 0 Å². The molecule has 0 spiro atoms. The molecule has 4 saturated carbocycles. The Morgan fingerprint density at radius 3 is 0.972 bits per heavy atom. The summed E-state index contributed by atoms with van der Waals surface area (Å²) < 4.78 is 1.11. The van der Waals surface area contributed by atoms with Gasteiger partial charge in [-0.3, -0.25) is 0 Å². The molecule has 36 heavy (non-hydrogen) atoms. The van der Waals surface area contributed by atoms with Gasteiger partial charge < -0.3 is 34.6 Å². The van der Waals surface area contributed by atoms with Gasteiger partial charge >= 0.3 is 116 Å². The van der Waals surface area contributed by atoms with Gasteiger partial charge in [0.05, 0.1) is 0 Å². The Morgan fingerprint density at radius 2 is 0.778 bits per heavy atom. The molecule has 4 aliphatic rings. The zero-order valence-electron chi connectivity index (χ0n) is 26.9. The molecule has 0 radical (unpaired) electrons. The quantitative estimate of drug-likeness (QED) is 0.214. The SMILES string of the molecule is C1CCCC1.C1CCCC1.CN(C)C1CCCC1.CN(C)C1CCC[CH]1[Sn]([CH3])([CH3])[CH3].[CH3-].[CH3-].[CH3-].[CH3-].[Fe+2].[Fe+2]. The van der Waals surface area contributed by atoms with E-state index in [0.29, 0.717) is 0 Å². The molecule has 0 heterocycles. The molecule has 0 saturated heterocycles. The molecule has 0 aliphatic heterocycles. The van der Waals surface area contributed by atoms with Gasteiger partial charge in [0.1, 0.15) is 0 Å². The van der Waals surface area contributed by atoms with E-state index >= 15 is 0 Å². The minimum atomic E-state index is -1.60. The van der Waals surface area contributed by atoms with Crippen LogP contribution in [0.2, 0.25) is 18.8 Å². The van der Waals surface area contributed by atoms with E-state index in [0.717, 1.165) is 16.0 Å². The van der Waals surface area contributed by atoms with Crippen molar-refractivity contribution < 1.29 is 34.1 Å². The van der Waals surface area contributed by atoms with Gasteiger partial charge in [0, 0.05) is 6.04 Å². The Kier molecular flexibility index (Phi) is 41.8. The maximum Gasteiger partial charge on any atom is 2.00 e. The molecule has 2 unspecified atom stereocenters. The number of hydrogen-bond acceptors (Lipinski definition) is 2. The zero-order valence-corrected chi connectivity index (χ0v) is 31.9. The predicted octanol–water partition coefficient (Wildman–Crippen LogP) is 10.00. The average molecular weight is 701 g/mol. The molecule has 4 rings (SSSR count). The van der Waals surface area contributed by atoms with Crippen molar-refractivity contribution in [1.82, 2.24) is 9.80 Å². The fourth-order valence-electron chi connectivity index (χ4n) is 5.76. The normalized spacial score (nSPS) is 22.2. The summed E-state index contributed by atoms with van der Waals surface area (Å²) in [7, 11) is 8.85. The van der Waals surface area contributed by atoms with E-state index in [9.17, 15) is 0 Å². The summed E-state index contributed by atoms with van der Waals surface area (Å²) in [6.45, 7) is 0. The Hall–Kier alpha value is 1.76. The van der Waals surface area contributed by atoms with Crippen molar-refractivity contribution in [3.8, 4) is 0 Å². The van der Waals surface area contributed by atoms with Gasteiger partial charge in [-0.15, -0.1) is 0 Å². The summed E-state index contributed by atoms with van der Waals surface area (Å²) in [6.07, 6.45) is 25.2. The molecule has 4 fully saturated rings. The smallest absolute Gasteiger partial charge is 0.358 e. The van der Waals surface area contributed by atoms with E-state index in [-0.39, 0.29) is 63.8 Å². The van der Waals surface area contributed by atoms with Gasteiger partial charge in [-0.05, 0) is 26.9 Å². The molecule has 2 nitrogen and oxygen atoms in total. The van der Waals surface area contributed by atoms with Crippen LogP contribution in [0, 0.1) is 29.7 Å². The number of nitrogens with zero attached hydrogens (tertiary/aromatic N) is 2. The van der Waals surface area contributed by atoms with Gasteiger partial charge in [0.15, 0.2) is 0 Å². The van der Waals surface area contributed by atoms with E-state index in [1.807, 2.05) is 0 Å². The van der Waals surface area contributed by atoms with Crippen molar-refractivity contribution in [3.05, 3.63) is 29.7 Å². The first-order valence-electron chi connectivity index (χ1n) is 13.6. The molecule has 0 bridgehead atoms. The van der Waals surface area contributed by atoms with Crippen LogP contribution in [-0.4, -0.2) is 68.5 Å². The third-order valence-electron chi connectivity index (χ3n) is 7.81. The molecule has 224 valence electrons. The molecule has 2 atom stereocenters. The van der Waals surface area contributed by atoms with Gasteiger partial charge in [-0.25, -0.2) is 0 Å². The fraction of sp³-hybridized carbons (Fsp3) is 0.871.